The van der Waals surface area contributed by atoms with E-state index >= 15 is 0 Å². The monoisotopic (exact) mass is 327 g/mol. The lowest BCUT2D eigenvalue weighted by Gasteiger charge is -2.20. The van der Waals surface area contributed by atoms with Crippen LogP contribution in [0.3, 0.4) is 0 Å². The van der Waals surface area contributed by atoms with Crippen LogP contribution in [0, 0.1) is 0 Å². The molecule has 128 valence electrons. The molecule has 1 aromatic heterocycles. The van der Waals surface area contributed by atoms with Crippen LogP contribution in [0.15, 0.2) is 30.6 Å². The van der Waals surface area contributed by atoms with E-state index in [1.54, 1.807) is 6.20 Å². The fourth-order valence-electron chi connectivity index (χ4n) is 3.13. The molecule has 1 aliphatic carbocycles. The second-order valence-electron chi connectivity index (χ2n) is 6.30. The summed E-state index contributed by atoms with van der Waals surface area (Å²) in [5, 5.41) is 9.62. The van der Waals surface area contributed by atoms with Crippen molar-refractivity contribution >= 4 is 5.91 Å². The molecule has 0 saturated heterocycles. The Kier molecular flexibility index (Phi) is 5.51. The lowest BCUT2D eigenvalue weighted by atomic mass is 9.92. The van der Waals surface area contributed by atoms with E-state index in [0.29, 0.717) is 13.0 Å². The van der Waals surface area contributed by atoms with Crippen LogP contribution < -0.4 is 10.1 Å². The Hall–Kier alpha value is -2.30. The molecule has 5 heteroatoms. The number of aromatic nitrogens is 2. The minimum absolute atomic E-state index is 0.0567. The van der Waals surface area contributed by atoms with Crippen LogP contribution >= 0.6 is 0 Å². The molecule has 3 rings (SSSR count). The number of hydrogen-bond acceptors (Lipinski definition) is 3. The van der Waals surface area contributed by atoms with Gasteiger partial charge in [-0.05, 0) is 67.3 Å². The van der Waals surface area contributed by atoms with Crippen LogP contribution in [0.1, 0.15) is 42.9 Å². The van der Waals surface area contributed by atoms with Crippen LogP contribution in [-0.2, 0) is 24.1 Å². The van der Waals surface area contributed by atoms with Crippen molar-refractivity contribution in [3.8, 4) is 5.75 Å². The topological polar surface area (TPSA) is 67.0 Å². The van der Waals surface area contributed by atoms with E-state index in [9.17, 15) is 4.79 Å². The maximum absolute atomic E-state index is 12.3. The zero-order chi connectivity index (χ0) is 16.8. The van der Waals surface area contributed by atoms with Crippen molar-refractivity contribution in [2.24, 2.45) is 0 Å². The van der Waals surface area contributed by atoms with Gasteiger partial charge in [0.2, 0.25) is 0 Å². The number of ether oxygens (including phenoxy) is 1. The van der Waals surface area contributed by atoms with Gasteiger partial charge in [-0.25, -0.2) is 0 Å². The van der Waals surface area contributed by atoms with Crippen LogP contribution in [-0.4, -0.2) is 28.8 Å². The van der Waals surface area contributed by atoms with Crippen LogP contribution in [0.5, 0.6) is 5.75 Å². The predicted octanol–water partition coefficient (Wildman–Crippen LogP) is 2.80. The summed E-state index contributed by atoms with van der Waals surface area (Å²) in [5.41, 5.74) is 3.87. The number of aryl methyl sites for hydroxylation is 2. The van der Waals surface area contributed by atoms with Crippen molar-refractivity contribution in [2.45, 2.75) is 51.6 Å². The van der Waals surface area contributed by atoms with Crippen LogP contribution in [0.25, 0.3) is 0 Å². The second kappa shape index (κ2) is 7.99. The number of aromatic amines is 1. The van der Waals surface area contributed by atoms with Crippen LogP contribution in [0.4, 0.5) is 0 Å². The number of carbonyl (C=O) groups excluding carboxylic acids is 1. The van der Waals surface area contributed by atoms with Gasteiger partial charge < -0.3 is 10.1 Å². The van der Waals surface area contributed by atoms with E-state index in [2.05, 4.69) is 27.6 Å². The van der Waals surface area contributed by atoms with E-state index in [0.717, 1.165) is 30.6 Å². The van der Waals surface area contributed by atoms with Gasteiger partial charge in [0.25, 0.3) is 5.91 Å². The van der Waals surface area contributed by atoms with Crippen molar-refractivity contribution in [1.29, 1.82) is 0 Å². The molecule has 0 radical (unpaired) electrons. The van der Waals surface area contributed by atoms with Crippen LogP contribution in [0.2, 0.25) is 0 Å². The molecule has 2 N–H and O–H groups in total. The first-order chi connectivity index (χ1) is 11.8. The number of fused-ring (bicyclic) bond motifs is 1. The Morgan fingerprint density at radius 2 is 2.17 bits per heavy atom. The summed E-state index contributed by atoms with van der Waals surface area (Å²) in [6.45, 7) is 2.56. The fourth-order valence-corrected chi connectivity index (χ4v) is 3.13. The molecule has 5 nitrogen and oxygen atoms in total. The van der Waals surface area contributed by atoms with Gasteiger partial charge >= 0.3 is 0 Å². The summed E-state index contributed by atoms with van der Waals surface area (Å²) in [6, 6.07) is 6.24. The minimum Gasteiger partial charge on any atom is -0.481 e. The summed E-state index contributed by atoms with van der Waals surface area (Å²) < 4.78 is 5.95. The fraction of sp³-hybridized carbons (Fsp3) is 0.474. The molecule has 0 aliphatic heterocycles. The van der Waals surface area contributed by atoms with Crippen molar-refractivity contribution in [3.63, 3.8) is 0 Å². The molecule has 1 atom stereocenters. The molecular weight excluding hydrogens is 302 g/mol. The number of nitrogens with one attached hydrogen (secondary N) is 2. The van der Waals surface area contributed by atoms with Crippen molar-refractivity contribution in [2.75, 3.05) is 6.54 Å². The van der Waals surface area contributed by atoms with Gasteiger partial charge in [0.15, 0.2) is 6.10 Å². The number of carbonyl (C=O) groups is 1. The largest absolute Gasteiger partial charge is 0.481 e. The third-order valence-corrected chi connectivity index (χ3v) is 4.53. The molecule has 1 aromatic carbocycles. The number of H-pyrrole nitrogens is 1. The molecule has 2 aromatic rings. The number of rotatable bonds is 7. The van der Waals surface area contributed by atoms with Gasteiger partial charge in [-0.15, -0.1) is 0 Å². The Morgan fingerprint density at radius 1 is 1.33 bits per heavy atom. The molecule has 0 saturated carbocycles. The average Bonchev–Trinajstić information content (AvgIpc) is 3.13. The van der Waals surface area contributed by atoms with E-state index < -0.39 is 6.10 Å². The summed E-state index contributed by atoms with van der Waals surface area (Å²) in [6.07, 6.45) is 9.34. The molecule has 0 bridgehead atoms. The van der Waals surface area contributed by atoms with E-state index in [-0.39, 0.29) is 5.91 Å². The first kappa shape index (κ1) is 16.6. The maximum Gasteiger partial charge on any atom is 0.261 e. The highest BCUT2D eigenvalue weighted by molar-refractivity contribution is 5.81. The first-order valence-electron chi connectivity index (χ1n) is 8.80. The smallest absolute Gasteiger partial charge is 0.261 e. The minimum atomic E-state index is -0.448. The molecule has 0 fully saturated rings. The van der Waals surface area contributed by atoms with Crippen molar-refractivity contribution in [1.82, 2.24) is 15.5 Å². The second-order valence-corrected chi connectivity index (χ2v) is 6.30. The summed E-state index contributed by atoms with van der Waals surface area (Å²) >= 11 is 0. The Balaban J connectivity index is 1.54. The zero-order valence-corrected chi connectivity index (χ0v) is 14.2. The third kappa shape index (κ3) is 4.16. The van der Waals surface area contributed by atoms with Gasteiger partial charge in [0.1, 0.15) is 5.75 Å². The number of amides is 1. The summed E-state index contributed by atoms with van der Waals surface area (Å²) in [4.78, 5) is 12.3. The SMILES string of the molecule is CCC(Oc1ccc2c(c1)CCCC2)C(=O)NCCc1cn[nH]c1. The Morgan fingerprint density at radius 3 is 2.92 bits per heavy atom. The lowest BCUT2D eigenvalue weighted by Crippen LogP contribution is -2.38. The third-order valence-electron chi connectivity index (χ3n) is 4.53. The highest BCUT2D eigenvalue weighted by atomic mass is 16.5. The first-order valence-corrected chi connectivity index (χ1v) is 8.80. The summed E-state index contributed by atoms with van der Waals surface area (Å²) in [7, 11) is 0. The maximum atomic E-state index is 12.3. The van der Waals surface area contributed by atoms with E-state index in [4.69, 9.17) is 4.74 Å². The number of benzene rings is 1. The molecule has 1 heterocycles. The van der Waals surface area contributed by atoms with Crippen molar-refractivity contribution in [3.05, 3.63) is 47.3 Å². The average molecular weight is 327 g/mol. The zero-order valence-electron chi connectivity index (χ0n) is 14.2. The molecular formula is C19H25N3O2. The summed E-state index contributed by atoms with van der Waals surface area (Å²) in [5.74, 6) is 0.742. The lowest BCUT2D eigenvalue weighted by molar-refractivity contribution is -0.128. The van der Waals surface area contributed by atoms with Gasteiger partial charge in [0.05, 0.1) is 6.20 Å². The predicted molar refractivity (Wildman–Crippen MR) is 93.1 cm³/mol. The molecule has 0 spiro atoms. The molecule has 1 unspecified atom stereocenters. The normalized spacial score (nSPS) is 14.7. The molecule has 1 aliphatic rings. The highest BCUT2D eigenvalue weighted by Gasteiger charge is 2.19. The van der Waals surface area contributed by atoms with Gasteiger partial charge in [-0.2, -0.15) is 5.10 Å². The van der Waals surface area contributed by atoms with Gasteiger partial charge in [-0.1, -0.05) is 13.0 Å². The number of nitrogens with zero attached hydrogens (tertiary/aromatic N) is 1. The Labute approximate surface area is 142 Å². The standard InChI is InChI=1S/C19H25N3O2/c1-2-18(19(23)20-10-9-14-12-21-22-13-14)24-17-8-7-15-5-3-4-6-16(15)11-17/h7-8,11-13,18H,2-6,9-10H2,1H3,(H,20,23)(H,21,22). The van der Waals surface area contributed by atoms with Gasteiger partial charge in [0, 0.05) is 12.7 Å². The highest BCUT2D eigenvalue weighted by Crippen LogP contribution is 2.26. The quantitative estimate of drug-likeness (QED) is 0.822. The number of hydrogen-bond donors (Lipinski definition) is 2. The van der Waals surface area contributed by atoms with Crippen molar-refractivity contribution < 1.29 is 9.53 Å². The van der Waals surface area contributed by atoms with E-state index in [1.807, 2.05) is 19.2 Å². The van der Waals surface area contributed by atoms with E-state index in [1.165, 1.54) is 24.0 Å². The molecule has 1 amide bonds. The molecule has 24 heavy (non-hydrogen) atoms. The Bertz CT molecular complexity index is 667. The van der Waals surface area contributed by atoms with Gasteiger partial charge in [-0.3, -0.25) is 9.89 Å².